The van der Waals surface area contributed by atoms with Crippen molar-refractivity contribution in [3.05, 3.63) is 29.8 Å². The van der Waals surface area contributed by atoms with Crippen LogP contribution in [0.2, 0.25) is 0 Å². The van der Waals surface area contributed by atoms with Gasteiger partial charge >= 0.3 is 0 Å². The Labute approximate surface area is 130 Å². The average molecular weight is 289 g/mol. The van der Waals surface area contributed by atoms with Crippen molar-refractivity contribution >= 4 is 0 Å². The Bertz CT molecular complexity index is 396. The fourth-order valence-corrected chi connectivity index (χ4v) is 3.58. The van der Waals surface area contributed by atoms with Crippen molar-refractivity contribution in [3.8, 4) is 5.75 Å². The van der Waals surface area contributed by atoms with Crippen molar-refractivity contribution in [1.29, 1.82) is 0 Å². The van der Waals surface area contributed by atoms with E-state index in [4.69, 9.17) is 4.74 Å². The summed E-state index contributed by atoms with van der Waals surface area (Å²) in [4.78, 5) is 0. The average Bonchev–Trinajstić information content (AvgIpc) is 2.81. The molecule has 1 aromatic carbocycles. The maximum atomic E-state index is 5.42. The van der Waals surface area contributed by atoms with Crippen LogP contribution in [0.25, 0.3) is 0 Å². The SMILES string of the molecule is CCCNCC(c1cccc(OC)c1)C1CCCCCC1. The van der Waals surface area contributed by atoms with Crippen LogP contribution < -0.4 is 10.1 Å². The Balaban J connectivity index is 2.12. The van der Waals surface area contributed by atoms with Crippen LogP contribution in [0.4, 0.5) is 0 Å². The summed E-state index contributed by atoms with van der Waals surface area (Å²) in [7, 11) is 1.76. The van der Waals surface area contributed by atoms with Crippen molar-refractivity contribution in [3.63, 3.8) is 0 Å². The van der Waals surface area contributed by atoms with Gasteiger partial charge in [0.25, 0.3) is 0 Å². The normalized spacial score (nSPS) is 18.2. The van der Waals surface area contributed by atoms with Gasteiger partial charge in [-0.15, -0.1) is 0 Å². The van der Waals surface area contributed by atoms with Crippen LogP contribution in [-0.4, -0.2) is 20.2 Å². The van der Waals surface area contributed by atoms with Crippen LogP contribution >= 0.6 is 0 Å². The predicted molar refractivity (Wildman–Crippen MR) is 90.1 cm³/mol. The number of hydrogen-bond donors (Lipinski definition) is 1. The van der Waals surface area contributed by atoms with E-state index in [9.17, 15) is 0 Å². The zero-order valence-corrected chi connectivity index (χ0v) is 13.7. The Hall–Kier alpha value is -1.02. The molecule has 1 aliphatic carbocycles. The smallest absolute Gasteiger partial charge is 0.119 e. The number of rotatable bonds is 7. The minimum absolute atomic E-state index is 0.629. The van der Waals surface area contributed by atoms with E-state index in [0.29, 0.717) is 5.92 Å². The molecule has 0 aromatic heterocycles. The highest BCUT2D eigenvalue weighted by Crippen LogP contribution is 2.35. The molecule has 2 nitrogen and oxygen atoms in total. The van der Waals surface area contributed by atoms with E-state index in [0.717, 1.165) is 24.8 Å². The van der Waals surface area contributed by atoms with E-state index in [1.54, 1.807) is 7.11 Å². The first-order valence-electron chi connectivity index (χ1n) is 8.69. The molecule has 0 amide bonds. The summed E-state index contributed by atoms with van der Waals surface area (Å²) >= 11 is 0. The van der Waals surface area contributed by atoms with Gasteiger partial charge in [0, 0.05) is 6.54 Å². The molecule has 0 radical (unpaired) electrons. The molecule has 1 atom stereocenters. The van der Waals surface area contributed by atoms with Gasteiger partial charge in [0.1, 0.15) is 5.75 Å². The lowest BCUT2D eigenvalue weighted by atomic mass is 9.81. The highest BCUT2D eigenvalue weighted by atomic mass is 16.5. The van der Waals surface area contributed by atoms with Crippen molar-refractivity contribution < 1.29 is 4.74 Å². The number of benzene rings is 1. The van der Waals surface area contributed by atoms with Crippen molar-refractivity contribution in [2.75, 3.05) is 20.2 Å². The lowest BCUT2D eigenvalue weighted by molar-refractivity contribution is 0.359. The van der Waals surface area contributed by atoms with Gasteiger partial charge in [-0.05, 0) is 55.3 Å². The third-order valence-electron chi connectivity index (χ3n) is 4.78. The number of nitrogens with one attached hydrogen (secondary N) is 1. The summed E-state index contributed by atoms with van der Waals surface area (Å²) in [5.74, 6) is 2.44. The van der Waals surface area contributed by atoms with E-state index in [1.165, 1.54) is 50.5 Å². The molecular weight excluding hydrogens is 258 g/mol. The topological polar surface area (TPSA) is 21.3 Å². The molecule has 0 heterocycles. The van der Waals surface area contributed by atoms with Crippen molar-refractivity contribution in [2.24, 2.45) is 5.92 Å². The summed E-state index contributed by atoms with van der Waals surface area (Å²) in [6.07, 6.45) is 9.62. The summed E-state index contributed by atoms with van der Waals surface area (Å²) in [6, 6.07) is 8.71. The predicted octanol–water partition coefficient (Wildman–Crippen LogP) is 4.75. The molecule has 0 spiro atoms. The Morgan fingerprint density at radius 1 is 1.19 bits per heavy atom. The monoisotopic (exact) mass is 289 g/mol. The summed E-state index contributed by atoms with van der Waals surface area (Å²) in [5, 5.41) is 3.65. The largest absolute Gasteiger partial charge is 0.497 e. The minimum atomic E-state index is 0.629. The van der Waals surface area contributed by atoms with Crippen LogP contribution in [0.1, 0.15) is 63.4 Å². The van der Waals surface area contributed by atoms with Crippen molar-refractivity contribution in [2.45, 2.75) is 57.8 Å². The first kappa shape index (κ1) is 16.4. The lowest BCUT2D eigenvalue weighted by Crippen LogP contribution is -2.27. The van der Waals surface area contributed by atoms with Crippen molar-refractivity contribution in [1.82, 2.24) is 5.32 Å². The third kappa shape index (κ3) is 5.03. The maximum absolute atomic E-state index is 5.42. The van der Waals surface area contributed by atoms with E-state index in [2.05, 4.69) is 30.4 Å². The molecule has 0 aliphatic heterocycles. The second-order valence-electron chi connectivity index (χ2n) is 6.34. The second-order valence-corrected chi connectivity index (χ2v) is 6.34. The van der Waals surface area contributed by atoms with Gasteiger partial charge in [-0.25, -0.2) is 0 Å². The van der Waals surface area contributed by atoms with Crippen LogP contribution in [0.3, 0.4) is 0 Å². The molecule has 2 rings (SSSR count). The minimum Gasteiger partial charge on any atom is -0.497 e. The number of methoxy groups -OCH3 is 1. The Morgan fingerprint density at radius 3 is 2.62 bits per heavy atom. The van der Waals surface area contributed by atoms with Crippen LogP contribution in [0.15, 0.2) is 24.3 Å². The van der Waals surface area contributed by atoms with E-state index in [-0.39, 0.29) is 0 Å². The van der Waals surface area contributed by atoms with Gasteiger partial charge in [-0.3, -0.25) is 0 Å². The van der Waals surface area contributed by atoms with Gasteiger partial charge in [0.15, 0.2) is 0 Å². The summed E-state index contributed by atoms with van der Waals surface area (Å²) < 4.78 is 5.42. The molecule has 1 aromatic rings. The Morgan fingerprint density at radius 2 is 1.95 bits per heavy atom. The first-order chi connectivity index (χ1) is 10.3. The van der Waals surface area contributed by atoms with Gasteiger partial charge in [0.05, 0.1) is 7.11 Å². The zero-order valence-electron chi connectivity index (χ0n) is 13.7. The molecule has 1 N–H and O–H groups in total. The fourth-order valence-electron chi connectivity index (χ4n) is 3.58. The van der Waals surface area contributed by atoms with E-state index >= 15 is 0 Å². The van der Waals surface area contributed by atoms with Gasteiger partial charge in [-0.2, -0.15) is 0 Å². The fraction of sp³-hybridized carbons (Fsp3) is 0.684. The molecule has 2 heteroatoms. The molecule has 0 bridgehead atoms. The molecule has 0 saturated heterocycles. The van der Waals surface area contributed by atoms with Crippen LogP contribution in [0.5, 0.6) is 5.75 Å². The quantitative estimate of drug-likeness (QED) is 0.578. The number of hydrogen-bond acceptors (Lipinski definition) is 2. The maximum Gasteiger partial charge on any atom is 0.119 e. The summed E-state index contributed by atoms with van der Waals surface area (Å²) in [6.45, 7) is 4.46. The van der Waals surface area contributed by atoms with Crippen LogP contribution in [0, 0.1) is 5.92 Å². The van der Waals surface area contributed by atoms with E-state index < -0.39 is 0 Å². The molecule has 21 heavy (non-hydrogen) atoms. The molecular formula is C19H31NO. The highest BCUT2D eigenvalue weighted by Gasteiger charge is 2.24. The summed E-state index contributed by atoms with van der Waals surface area (Å²) in [5.41, 5.74) is 1.45. The van der Waals surface area contributed by atoms with Gasteiger partial charge in [0.2, 0.25) is 0 Å². The zero-order chi connectivity index (χ0) is 14.9. The highest BCUT2D eigenvalue weighted by molar-refractivity contribution is 5.31. The number of ether oxygens (including phenoxy) is 1. The first-order valence-corrected chi connectivity index (χ1v) is 8.69. The van der Waals surface area contributed by atoms with Gasteiger partial charge < -0.3 is 10.1 Å². The molecule has 1 unspecified atom stereocenters. The Kier molecular flexibility index (Phi) is 7.08. The molecule has 1 fully saturated rings. The van der Waals surface area contributed by atoms with Crippen LogP contribution in [-0.2, 0) is 0 Å². The molecule has 1 aliphatic rings. The molecule has 1 saturated carbocycles. The third-order valence-corrected chi connectivity index (χ3v) is 4.78. The lowest BCUT2D eigenvalue weighted by Gasteiger charge is -2.27. The van der Waals surface area contributed by atoms with Gasteiger partial charge in [-0.1, -0.05) is 44.7 Å². The second kappa shape index (κ2) is 9.09. The standard InChI is InChI=1S/C19H31NO/c1-3-13-20-15-19(16-9-6-4-5-7-10-16)17-11-8-12-18(14-17)21-2/h8,11-12,14,16,19-20H,3-7,9-10,13,15H2,1-2H3. The molecule has 118 valence electrons. The van der Waals surface area contributed by atoms with E-state index in [1.807, 2.05) is 6.07 Å².